The highest BCUT2D eigenvalue weighted by Gasteiger charge is 2.15. The molecule has 1 aromatic rings. The molecule has 19 heavy (non-hydrogen) atoms. The first kappa shape index (κ1) is 14.4. The summed E-state index contributed by atoms with van der Waals surface area (Å²) < 4.78 is 4.70. The molecule has 0 aromatic heterocycles. The predicted molar refractivity (Wildman–Crippen MR) is 64.5 cm³/mol. The summed E-state index contributed by atoms with van der Waals surface area (Å²) >= 11 is 0. The van der Waals surface area contributed by atoms with Gasteiger partial charge in [0.05, 0.1) is 10.6 Å². The molecule has 1 N–H and O–H groups in total. The van der Waals surface area contributed by atoms with Gasteiger partial charge in [0.1, 0.15) is 0 Å². The van der Waals surface area contributed by atoms with E-state index in [1.807, 2.05) is 0 Å². The fourth-order valence-electron chi connectivity index (χ4n) is 1.27. The third-order valence-electron chi connectivity index (χ3n) is 2.02. The summed E-state index contributed by atoms with van der Waals surface area (Å²) in [7, 11) is 0. The van der Waals surface area contributed by atoms with Gasteiger partial charge >= 0.3 is 6.09 Å². The summed E-state index contributed by atoms with van der Waals surface area (Å²) in [4.78, 5) is 30.9. The second-order valence-electron chi connectivity index (χ2n) is 3.66. The van der Waals surface area contributed by atoms with E-state index in [1.165, 1.54) is 25.1 Å². The van der Waals surface area contributed by atoms with Gasteiger partial charge in [0, 0.05) is 17.1 Å². The number of rotatable bonds is 5. The molecular weight excluding hydrogens is 258 g/mol. The monoisotopic (exact) mass is 269 g/mol. The number of nitrogens with one attached hydrogen (secondary N) is 1. The van der Waals surface area contributed by atoms with Gasteiger partial charge in [0.2, 0.25) is 6.54 Å². The molecular formula is C10H11N3O6. The van der Waals surface area contributed by atoms with Crippen LogP contribution < -0.4 is 5.32 Å². The van der Waals surface area contributed by atoms with Gasteiger partial charge in [-0.05, 0) is 13.0 Å². The number of hydrogen-bond acceptors (Lipinski definition) is 6. The zero-order valence-electron chi connectivity index (χ0n) is 9.94. The van der Waals surface area contributed by atoms with Gasteiger partial charge in [-0.25, -0.2) is 4.79 Å². The Balaban J connectivity index is 2.59. The summed E-state index contributed by atoms with van der Waals surface area (Å²) in [5.41, 5.74) is -0.0105. The van der Waals surface area contributed by atoms with Crippen molar-refractivity contribution in [3.63, 3.8) is 0 Å². The maximum Gasteiger partial charge on any atom is 0.412 e. The Bertz CT molecular complexity index is 504. The number of benzene rings is 1. The number of carbonyl (C=O) groups excluding carboxylic acids is 1. The second-order valence-corrected chi connectivity index (χ2v) is 3.66. The van der Waals surface area contributed by atoms with Crippen molar-refractivity contribution in [2.45, 2.75) is 13.0 Å². The summed E-state index contributed by atoms with van der Waals surface area (Å²) in [5, 5.41) is 23.0. The third kappa shape index (κ3) is 4.98. The summed E-state index contributed by atoms with van der Waals surface area (Å²) in [6.07, 6.45) is -1.80. The topological polar surface area (TPSA) is 125 Å². The molecule has 1 atom stereocenters. The number of amides is 1. The smallest absolute Gasteiger partial charge is 0.412 e. The van der Waals surface area contributed by atoms with Gasteiger partial charge in [0.15, 0.2) is 6.10 Å². The number of nitro groups is 2. The van der Waals surface area contributed by atoms with E-state index in [0.717, 1.165) is 6.07 Å². The molecule has 0 aliphatic rings. The van der Waals surface area contributed by atoms with Crippen LogP contribution >= 0.6 is 0 Å². The molecule has 0 saturated heterocycles. The first-order chi connectivity index (χ1) is 8.88. The van der Waals surface area contributed by atoms with Crippen LogP contribution in [-0.4, -0.2) is 28.6 Å². The Hall–Kier alpha value is -2.71. The maximum absolute atomic E-state index is 11.4. The highest BCUT2D eigenvalue weighted by Crippen LogP contribution is 2.17. The second kappa shape index (κ2) is 6.28. The van der Waals surface area contributed by atoms with E-state index in [9.17, 15) is 25.0 Å². The van der Waals surface area contributed by atoms with Crippen molar-refractivity contribution >= 4 is 17.5 Å². The average molecular weight is 269 g/mol. The lowest BCUT2D eigenvalue weighted by molar-refractivity contribution is -0.488. The molecule has 0 heterocycles. The van der Waals surface area contributed by atoms with E-state index in [4.69, 9.17) is 4.74 Å². The zero-order chi connectivity index (χ0) is 14.4. The molecule has 0 radical (unpaired) electrons. The predicted octanol–water partition coefficient (Wildman–Crippen LogP) is 1.81. The van der Waals surface area contributed by atoms with Crippen LogP contribution in [0.5, 0.6) is 0 Å². The number of carbonyl (C=O) groups is 1. The minimum absolute atomic E-state index is 0.174. The normalized spacial score (nSPS) is 11.4. The number of hydrogen-bond donors (Lipinski definition) is 1. The zero-order valence-corrected chi connectivity index (χ0v) is 9.94. The van der Waals surface area contributed by atoms with Gasteiger partial charge < -0.3 is 4.74 Å². The van der Waals surface area contributed by atoms with Crippen LogP contribution in [0.4, 0.5) is 16.2 Å². The summed E-state index contributed by atoms with van der Waals surface area (Å²) in [6, 6.07) is 5.26. The number of nitrogens with zero attached hydrogens (tertiary/aromatic N) is 2. The van der Waals surface area contributed by atoms with Crippen molar-refractivity contribution in [1.29, 1.82) is 0 Å². The Kier molecular flexibility index (Phi) is 4.75. The lowest BCUT2D eigenvalue weighted by Gasteiger charge is -2.10. The van der Waals surface area contributed by atoms with E-state index in [2.05, 4.69) is 5.32 Å². The Labute approximate surface area is 107 Å². The molecule has 1 rings (SSSR count). The molecule has 0 aliphatic carbocycles. The van der Waals surface area contributed by atoms with Crippen LogP contribution in [-0.2, 0) is 4.74 Å². The number of ether oxygens (including phenoxy) is 1. The van der Waals surface area contributed by atoms with Crippen molar-refractivity contribution < 1.29 is 19.4 Å². The van der Waals surface area contributed by atoms with Gasteiger partial charge in [-0.15, -0.1) is 0 Å². The lowest BCUT2D eigenvalue weighted by Crippen LogP contribution is -2.26. The lowest BCUT2D eigenvalue weighted by atomic mass is 10.3. The van der Waals surface area contributed by atoms with Crippen LogP contribution in [0, 0.1) is 20.2 Å². The molecule has 0 bridgehead atoms. The van der Waals surface area contributed by atoms with Gasteiger partial charge in [-0.3, -0.25) is 25.5 Å². The number of anilines is 1. The molecule has 0 fully saturated rings. The van der Waals surface area contributed by atoms with Crippen molar-refractivity contribution in [2.24, 2.45) is 0 Å². The summed E-state index contributed by atoms with van der Waals surface area (Å²) in [5.74, 6) is 0. The maximum atomic E-state index is 11.4. The molecule has 1 unspecified atom stereocenters. The fraction of sp³-hybridized carbons (Fsp3) is 0.300. The van der Waals surface area contributed by atoms with Gasteiger partial charge in [-0.2, -0.15) is 0 Å². The van der Waals surface area contributed by atoms with Crippen molar-refractivity contribution in [3.8, 4) is 0 Å². The SMILES string of the molecule is CC(C[N+](=O)[O-])OC(=O)Nc1cccc([N+](=O)[O-])c1. The fourth-order valence-corrected chi connectivity index (χ4v) is 1.27. The third-order valence-corrected chi connectivity index (χ3v) is 2.02. The minimum Gasteiger partial charge on any atom is -0.439 e. The number of non-ortho nitro benzene ring substituents is 1. The minimum atomic E-state index is -0.908. The Morgan fingerprint density at radius 2 is 2.11 bits per heavy atom. The molecule has 9 nitrogen and oxygen atoms in total. The quantitative estimate of drug-likeness (QED) is 0.641. The van der Waals surface area contributed by atoms with E-state index in [0.29, 0.717) is 0 Å². The molecule has 0 spiro atoms. The van der Waals surface area contributed by atoms with Crippen LogP contribution in [0.1, 0.15) is 6.92 Å². The highest BCUT2D eigenvalue weighted by atomic mass is 16.6. The van der Waals surface area contributed by atoms with E-state index < -0.39 is 28.6 Å². The van der Waals surface area contributed by atoms with Crippen molar-refractivity contribution in [2.75, 3.05) is 11.9 Å². The molecule has 0 saturated carbocycles. The van der Waals surface area contributed by atoms with Crippen molar-refractivity contribution in [3.05, 3.63) is 44.5 Å². The average Bonchev–Trinajstić information content (AvgIpc) is 2.27. The van der Waals surface area contributed by atoms with Crippen LogP contribution in [0.3, 0.4) is 0 Å². The molecule has 0 aliphatic heterocycles. The molecule has 1 amide bonds. The highest BCUT2D eigenvalue weighted by molar-refractivity contribution is 5.85. The van der Waals surface area contributed by atoms with Gasteiger partial charge in [0.25, 0.3) is 5.69 Å². The summed E-state index contributed by atoms with van der Waals surface area (Å²) in [6.45, 7) is 0.859. The first-order valence-electron chi connectivity index (χ1n) is 5.22. The van der Waals surface area contributed by atoms with Crippen LogP contribution in [0.25, 0.3) is 0 Å². The largest absolute Gasteiger partial charge is 0.439 e. The van der Waals surface area contributed by atoms with Crippen molar-refractivity contribution in [1.82, 2.24) is 0 Å². The van der Waals surface area contributed by atoms with E-state index >= 15 is 0 Å². The Morgan fingerprint density at radius 1 is 1.42 bits per heavy atom. The van der Waals surface area contributed by atoms with E-state index in [1.54, 1.807) is 0 Å². The van der Waals surface area contributed by atoms with Crippen LogP contribution in [0.2, 0.25) is 0 Å². The Morgan fingerprint density at radius 3 is 2.68 bits per heavy atom. The molecule has 1 aromatic carbocycles. The number of nitro benzene ring substituents is 1. The molecule has 9 heteroatoms. The van der Waals surface area contributed by atoms with E-state index in [-0.39, 0.29) is 11.4 Å². The first-order valence-corrected chi connectivity index (χ1v) is 5.22. The van der Waals surface area contributed by atoms with Gasteiger partial charge in [-0.1, -0.05) is 6.07 Å². The standard InChI is InChI=1S/C10H11N3O6/c1-7(6-12(15)16)19-10(14)11-8-3-2-4-9(5-8)13(17)18/h2-5,7H,6H2,1H3,(H,11,14). The van der Waals surface area contributed by atoms with Crippen LogP contribution in [0.15, 0.2) is 24.3 Å². The molecule has 102 valence electrons.